The van der Waals surface area contributed by atoms with Gasteiger partial charge in [-0.25, -0.2) is 8.78 Å². The Labute approximate surface area is 97.6 Å². The highest BCUT2D eigenvalue weighted by Crippen LogP contribution is 2.30. The predicted octanol–water partition coefficient (Wildman–Crippen LogP) is 3.65. The van der Waals surface area contributed by atoms with Crippen LogP contribution >= 0.6 is 0 Å². The Hall–Kier alpha value is -2.10. The molecule has 0 atom stereocenters. The normalized spacial score (nSPS) is 10.3. The summed E-state index contributed by atoms with van der Waals surface area (Å²) in [5, 5.41) is 0. The fourth-order valence-electron chi connectivity index (χ4n) is 1.42. The van der Waals surface area contributed by atoms with Gasteiger partial charge in [-0.2, -0.15) is 0 Å². The van der Waals surface area contributed by atoms with Gasteiger partial charge in [-0.15, -0.1) is 0 Å². The molecule has 0 aliphatic rings. The third kappa shape index (κ3) is 2.53. The fraction of sp³-hybridized carbons (Fsp3) is 0.0769. The van der Waals surface area contributed by atoms with E-state index in [1.165, 1.54) is 18.2 Å². The minimum absolute atomic E-state index is 0.0725. The van der Waals surface area contributed by atoms with Gasteiger partial charge in [0, 0.05) is 6.07 Å². The molecule has 0 heterocycles. The first kappa shape index (κ1) is 11.4. The molecular weight excluding hydrogens is 224 g/mol. The summed E-state index contributed by atoms with van der Waals surface area (Å²) in [6, 6.07) is 8.20. The van der Waals surface area contributed by atoms with E-state index < -0.39 is 11.6 Å². The molecule has 0 aliphatic carbocycles. The number of ether oxygens (including phenoxy) is 1. The number of aryl methyl sites for hydroxylation is 1. The zero-order valence-corrected chi connectivity index (χ0v) is 9.21. The summed E-state index contributed by atoms with van der Waals surface area (Å²) in [4.78, 5) is 0. The van der Waals surface area contributed by atoms with Crippen molar-refractivity contribution in [3.8, 4) is 11.5 Å². The molecule has 17 heavy (non-hydrogen) atoms. The van der Waals surface area contributed by atoms with Crippen LogP contribution in [0.2, 0.25) is 0 Å². The van der Waals surface area contributed by atoms with Crippen LogP contribution in [0.3, 0.4) is 0 Å². The second kappa shape index (κ2) is 4.41. The van der Waals surface area contributed by atoms with E-state index in [0.29, 0.717) is 0 Å². The molecule has 0 fully saturated rings. The Morgan fingerprint density at radius 2 is 1.76 bits per heavy atom. The van der Waals surface area contributed by atoms with Crippen molar-refractivity contribution >= 4 is 5.69 Å². The molecule has 0 saturated heterocycles. The molecular formula is C13H11F2NO. The smallest absolute Gasteiger partial charge is 0.165 e. The maximum absolute atomic E-state index is 13.4. The standard InChI is InChI=1S/C13H11F2NO/c1-8-2-4-10(15)13(6-8)17-12-5-3-9(14)7-11(12)16/h2-7H,16H2,1H3. The van der Waals surface area contributed by atoms with Crippen molar-refractivity contribution in [2.75, 3.05) is 5.73 Å². The maximum Gasteiger partial charge on any atom is 0.165 e. The van der Waals surface area contributed by atoms with Crippen LogP contribution < -0.4 is 10.5 Å². The van der Waals surface area contributed by atoms with Gasteiger partial charge in [0.2, 0.25) is 0 Å². The summed E-state index contributed by atoms with van der Waals surface area (Å²) in [6.07, 6.45) is 0. The zero-order valence-electron chi connectivity index (χ0n) is 9.21. The van der Waals surface area contributed by atoms with Gasteiger partial charge in [0.1, 0.15) is 5.82 Å². The van der Waals surface area contributed by atoms with Crippen LogP contribution in [0.5, 0.6) is 11.5 Å². The number of benzene rings is 2. The van der Waals surface area contributed by atoms with Gasteiger partial charge in [-0.3, -0.25) is 0 Å². The Balaban J connectivity index is 2.34. The lowest BCUT2D eigenvalue weighted by atomic mass is 10.2. The summed E-state index contributed by atoms with van der Waals surface area (Å²) < 4.78 is 31.6. The quantitative estimate of drug-likeness (QED) is 0.806. The van der Waals surface area contributed by atoms with Crippen molar-refractivity contribution in [3.05, 3.63) is 53.6 Å². The van der Waals surface area contributed by atoms with Crippen LogP contribution in [0.15, 0.2) is 36.4 Å². The molecule has 0 unspecified atom stereocenters. The predicted molar refractivity (Wildman–Crippen MR) is 62.0 cm³/mol. The second-order valence-electron chi connectivity index (χ2n) is 3.72. The first-order valence-corrected chi connectivity index (χ1v) is 5.05. The molecule has 2 nitrogen and oxygen atoms in total. The Bertz CT molecular complexity index is 555. The largest absolute Gasteiger partial charge is 0.452 e. The molecule has 2 rings (SSSR count). The maximum atomic E-state index is 13.4. The molecule has 0 radical (unpaired) electrons. The minimum atomic E-state index is -0.487. The van der Waals surface area contributed by atoms with E-state index in [0.717, 1.165) is 11.6 Å². The van der Waals surface area contributed by atoms with Crippen LogP contribution in [0.1, 0.15) is 5.56 Å². The summed E-state index contributed by atoms with van der Waals surface area (Å²) in [5.74, 6) is -0.641. The SMILES string of the molecule is Cc1ccc(F)c(Oc2ccc(F)cc2N)c1. The van der Waals surface area contributed by atoms with Gasteiger partial charge in [0.25, 0.3) is 0 Å². The molecule has 2 aromatic rings. The van der Waals surface area contributed by atoms with E-state index in [1.807, 2.05) is 6.92 Å². The monoisotopic (exact) mass is 235 g/mol. The molecule has 0 bridgehead atoms. The van der Waals surface area contributed by atoms with Gasteiger partial charge >= 0.3 is 0 Å². The van der Waals surface area contributed by atoms with Gasteiger partial charge in [-0.05, 0) is 36.8 Å². The number of nitrogen functional groups attached to an aromatic ring is 1. The van der Waals surface area contributed by atoms with Gasteiger partial charge in [0.15, 0.2) is 17.3 Å². The average Bonchev–Trinajstić information content (AvgIpc) is 2.27. The first-order chi connectivity index (χ1) is 8.06. The van der Waals surface area contributed by atoms with Crippen LogP contribution in [0, 0.1) is 18.6 Å². The van der Waals surface area contributed by atoms with Gasteiger partial charge in [0.05, 0.1) is 5.69 Å². The third-order valence-electron chi connectivity index (χ3n) is 2.28. The molecule has 0 amide bonds. The van der Waals surface area contributed by atoms with Crippen molar-refractivity contribution in [3.63, 3.8) is 0 Å². The highest BCUT2D eigenvalue weighted by atomic mass is 19.1. The number of nitrogens with two attached hydrogens (primary N) is 1. The average molecular weight is 235 g/mol. The Morgan fingerprint density at radius 1 is 1.00 bits per heavy atom. The summed E-state index contributed by atoms with van der Waals surface area (Å²) >= 11 is 0. The van der Waals surface area contributed by atoms with Crippen molar-refractivity contribution in [1.29, 1.82) is 0 Å². The van der Waals surface area contributed by atoms with Crippen LogP contribution in [0.25, 0.3) is 0 Å². The van der Waals surface area contributed by atoms with Crippen molar-refractivity contribution < 1.29 is 13.5 Å². The lowest BCUT2D eigenvalue weighted by Gasteiger charge is -2.09. The van der Waals surface area contributed by atoms with E-state index in [-0.39, 0.29) is 17.2 Å². The zero-order chi connectivity index (χ0) is 12.4. The number of anilines is 1. The fourth-order valence-corrected chi connectivity index (χ4v) is 1.42. The minimum Gasteiger partial charge on any atom is -0.452 e. The van der Waals surface area contributed by atoms with E-state index in [2.05, 4.69) is 0 Å². The molecule has 2 aromatic carbocycles. The van der Waals surface area contributed by atoms with Crippen molar-refractivity contribution in [2.24, 2.45) is 0 Å². The number of hydrogen-bond donors (Lipinski definition) is 1. The molecule has 88 valence electrons. The van der Waals surface area contributed by atoms with E-state index in [9.17, 15) is 8.78 Å². The molecule has 2 N–H and O–H groups in total. The molecule has 0 aromatic heterocycles. The van der Waals surface area contributed by atoms with Gasteiger partial charge in [-0.1, -0.05) is 6.07 Å². The van der Waals surface area contributed by atoms with Crippen molar-refractivity contribution in [1.82, 2.24) is 0 Å². The molecule has 0 aliphatic heterocycles. The van der Waals surface area contributed by atoms with Crippen molar-refractivity contribution in [2.45, 2.75) is 6.92 Å². The first-order valence-electron chi connectivity index (χ1n) is 5.05. The Morgan fingerprint density at radius 3 is 2.47 bits per heavy atom. The number of halogens is 2. The van der Waals surface area contributed by atoms with Crippen LogP contribution in [0.4, 0.5) is 14.5 Å². The summed E-state index contributed by atoms with van der Waals surface area (Å²) in [5.41, 5.74) is 6.56. The topological polar surface area (TPSA) is 35.2 Å². The van der Waals surface area contributed by atoms with E-state index >= 15 is 0 Å². The van der Waals surface area contributed by atoms with E-state index in [4.69, 9.17) is 10.5 Å². The highest BCUT2D eigenvalue weighted by molar-refractivity contribution is 5.54. The van der Waals surface area contributed by atoms with E-state index in [1.54, 1.807) is 12.1 Å². The number of rotatable bonds is 2. The highest BCUT2D eigenvalue weighted by Gasteiger charge is 2.08. The second-order valence-corrected chi connectivity index (χ2v) is 3.72. The molecule has 0 saturated carbocycles. The lowest BCUT2D eigenvalue weighted by molar-refractivity contribution is 0.442. The molecule has 0 spiro atoms. The summed E-state index contributed by atoms with van der Waals surface area (Å²) in [7, 11) is 0. The van der Waals surface area contributed by atoms with Crippen LogP contribution in [-0.2, 0) is 0 Å². The number of hydrogen-bond acceptors (Lipinski definition) is 2. The third-order valence-corrected chi connectivity index (χ3v) is 2.28. The van der Waals surface area contributed by atoms with Gasteiger partial charge < -0.3 is 10.5 Å². The lowest BCUT2D eigenvalue weighted by Crippen LogP contribution is -1.95. The summed E-state index contributed by atoms with van der Waals surface area (Å²) in [6.45, 7) is 1.82. The Kier molecular flexibility index (Phi) is 2.95. The molecule has 4 heteroatoms. The van der Waals surface area contributed by atoms with Crippen LogP contribution in [-0.4, -0.2) is 0 Å².